The Labute approximate surface area is 149 Å². The molecule has 1 amide bonds. The van der Waals surface area contributed by atoms with Crippen LogP contribution in [-0.2, 0) is 17.8 Å². The lowest BCUT2D eigenvalue weighted by atomic mass is 9.98. The van der Waals surface area contributed by atoms with Crippen molar-refractivity contribution < 1.29 is 4.79 Å². The van der Waals surface area contributed by atoms with Crippen LogP contribution >= 0.6 is 0 Å². The first-order valence-electron chi connectivity index (χ1n) is 9.49. The van der Waals surface area contributed by atoms with Gasteiger partial charge >= 0.3 is 0 Å². The molecule has 2 heterocycles. The number of nitrogens with one attached hydrogen (secondary N) is 1. The number of benzene rings is 2. The van der Waals surface area contributed by atoms with Crippen LogP contribution < -0.4 is 5.32 Å². The van der Waals surface area contributed by atoms with Crippen molar-refractivity contribution in [1.82, 2.24) is 10.2 Å². The second-order valence-electron chi connectivity index (χ2n) is 7.85. The molecule has 2 fully saturated rings. The predicted molar refractivity (Wildman–Crippen MR) is 99.2 cm³/mol. The number of fused-ring (bicyclic) bond motifs is 6. The molecule has 0 radical (unpaired) electrons. The number of likely N-dealkylation sites (tertiary alicyclic amines) is 1. The Morgan fingerprint density at radius 2 is 1.88 bits per heavy atom. The summed E-state index contributed by atoms with van der Waals surface area (Å²) in [5.41, 5.74) is 7.04. The maximum atomic E-state index is 12.2. The Balaban J connectivity index is 1.37. The van der Waals surface area contributed by atoms with Crippen molar-refractivity contribution in [2.75, 3.05) is 13.1 Å². The zero-order chi connectivity index (χ0) is 16.8. The highest BCUT2D eigenvalue weighted by molar-refractivity contribution is 5.80. The summed E-state index contributed by atoms with van der Waals surface area (Å²) in [5.74, 6) is 0.445. The van der Waals surface area contributed by atoms with Gasteiger partial charge in [0, 0.05) is 25.7 Å². The molecule has 2 saturated heterocycles. The fourth-order valence-electron chi connectivity index (χ4n) is 4.83. The summed E-state index contributed by atoms with van der Waals surface area (Å²) in [4.78, 5) is 14.7. The molecule has 0 unspecified atom stereocenters. The lowest BCUT2D eigenvalue weighted by Crippen LogP contribution is -2.38. The molecule has 5 rings (SSSR count). The number of nitrogens with zero attached hydrogens (tertiary/aromatic N) is 1. The predicted octanol–water partition coefficient (Wildman–Crippen LogP) is 3.36. The third-order valence-electron chi connectivity index (χ3n) is 6.04. The molecule has 3 aliphatic rings. The molecule has 0 spiro atoms. The summed E-state index contributed by atoms with van der Waals surface area (Å²) < 4.78 is 0. The van der Waals surface area contributed by atoms with Crippen molar-refractivity contribution in [3.63, 3.8) is 0 Å². The largest absolute Gasteiger partial charge is 0.352 e. The molecule has 1 aliphatic carbocycles. The van der Waals surface area contributed by atoms with Crippen LogP contribution in [0.2, 0.25) is 0 Å². The lowest BCUT2D eigenvalue weighted by Gasteiger charge is -2.27. The zero-order valence-corrected chi connectivity index (χ0v) is 14.5. The minimum Gasteiger partial charge on any atom is -0.352 e. The van der Waals surface area contributed by atoms with Gasteiger partial charge in [-0.15, -0.1) is 0 Å². The zero-order valence-electron chi connectivity index (χ0n) is 14.5. The van der Waals surface area contributed by atoms with E-state index in [2.05, 4.69) is 52.7 Å². The van der Waals surface area contributed by atoms with E-state index in [4.69, 9.17) is 0 Å². The SMILES string of the molecule is O=C1N[C@H]2CCC[C@@H]1CN(Cc1ccc3c(c1)Cc1ccccc1-3)C2. The van der Waals surface area contributed by atoms with Crippen LogP contribution in [0.1, 0.15) is 36.0 Å². The van der Waals surface area contributed by atoms with Crippen molar-refractivity contribution in [3.8, 4) is 11.1 Å². The number of rotatable bonds is 2. The van der Waals surface area contributed by atoms with Gasteiger partial charge in [-0.3, -0.25) is 9.69 Å². The molecular weight excluding hydrogens is 308 g/mol. The molecule has 0 aromatic heterocycles. The highest BCUT2D eigenvalue weighted by Gasteiger charge is 2.32. The number of carbonyl (C=O) groups is 1. The monoisotopic (exact) mass is 332 g/mol. The van der Waals surface area contributed by atoms with Crippen LogP contribution in [-0.4, -0.2) is 29.9 Å². The van der Waals surface area contributed by atoms with E-state index in [1.54, 1.807) is 0 Å². The van der Waals surface area contributed by atoms with E-state index >= 15 is 0 Å². The van der Waals surface area contributed by atoms with Gasteiger partial charge < -0.3 is 5.32 Å². The van der Waals surface area contributed by atoms with E-state index in [1.165, 1.54) is 34.2 Å². The smallest absolute Gasteiger partial charge is 0.224 e. The van der Waals surface area contributed by atoms with E-state index in [1.807, 2.05) is 0 Å². The van der Waals surface area contributed by atoms with Gasteiger partial charge in [0.2, 0.25) is 5.91 Å². The summed E-state index contributed by atoms with van der Waals surface area (Å²) >= 11 is 0. The van der Waals surface area contributed by atoms with Gasteiger partial charge in [-0.2, -0.15) is 0 Å². The highest BCUT2D eigenvalue weighted by Crippen LogP contribution is 2.37. The third-order valence-corrected chi connectivity index (χ3v) is 6.04. The average molecular weight is 332 g/mol. The summed E-state index contributed by atoms with van der Waals surface area (Å²) in [5, 5.41) is 3.23. The topological polar surface area (TPSA) is 32.3 Å². The van der Waals surface area contributed by atoms with Crippen LogP contribution in [0.5, 0.6) is 0 Å². The summed E-state index contributed by atoms with van der Waals surface area (Å²) in [6, 6.07) is 16.0. The minimum absolute atomic E-state index is 0.172. The van der Waals surface area contributed by atoms with Crippen LogP contribution in [0.3, 0.4) is 0 Å². The normalized spacial score (nSPS) is 25.0. The van der Waals surface area contributed by atoms with E-state index in [9.17, 15) is 4.79 Å². The molecule has 2 aromatic carbocycles. The lowest BCUT2D eigenvalue weighted by molar-refractivity contribution is -0.124. The number of hydrogen-bond acceptors (Lipinski definition) is 2. The van der Waals surface area contributed by atoms with Gasteiger partial charge in [0.25, 0.3) is 0 Å². The molecule has 0 saturated carbocycles. The van der Waals surface area contributed by atoms with E-state index in [0.717, 1.165) is 38.9 Å². The molecular formula is C22H24N2O. The Hall–Kier alpha value is -2.13. The van der Waals surface area contributed by atoms with Crippen molar-refractivity contribution in [2.24, 2.45) is 5.92 Å². The van der Waals surface area contributed by atoms with E-state index in [0.29, 0.717) is 6.04 Å². The summed E-state index contributed by atoms with van der Waals surface area (Å²) in [7, 11) is 0. The molecule has 3 nitrogen and oxygen atoms in total. The molecule has 25 heavy (non-hydrogen) atoms. The quantitative estimate of drug-likeness (QED) is 0.780. The highest BCUT2D eigenvalue weighted by atomic mass is 16.2. The van der Waals surface area contributed by atoms with Crippen LogP contribution in [0, 0.1) is 5.92 Å². The number of carbonyl (C=O) groups excluding carboxylic acids is 1. The molecule has 3 heteroatoms. The molecule has 2 bridgehead atoms. The molecule has 2 aliphatic heterocycles. The minimum atomic E-state index is 0.172. The molecule has 1 N–H and O–H groups in total. The van der Waals surface area contributed by atoms with Gasteiger partial charge in [0.1, 0.15) is 0 Å². The first-order valence-corrected chi connectivity index (χ1v) is 9.49. The van der Waals surface area contributed by atoms with Gasteiger partial charge in [-0.1, -0.05) is 48.9 Å². The average Bonchev–Trinajstić information content (AvgIpc) is 2.77. The second-order valence-corrected chi connectivity index (χ2v) is 7.85. The van der Waals surface area contributed by atoms with E-state index < -0.39 is 0 Å². The van der Waals surface area contributed by atoms with Gasteiger partial charge in [0.05, 0.1) is 5.92 Å². The summed E-state index contributed by atoms with van der Waals surface area (Å²) in [6.45, 7) is 2.84. The molecule has 2 aromatic rings. The van der Waals surface area contributed by atoms with E-state index in [-0.39, 0.29) is 11.8 Å². The van der Waals surface area contributed by atoms with Gasteiger partial charge in [0.15, 0.2) is 0 Å². The maximum absolute atomic E-state index is 12.2. The van der Waals surface area contributed by atoms with Gasteiger partial charge in [-0.05, 0) is 47.1 Å². The van der Waals surface area contributed by atoms with Crippen molar-refractivity contribution >= 4 is 5.91 Å². The molecule has 128 valence electrons. The molecule has 2 atom stereocenters. The second kappa shape index (κ2) is 5.99. The first-order chi connectivity index (χ1) is 12.3. The van der Waals surface area contributed by atoms with Crippen molar-refractivity contribution in [1.29, 1.82) is 0 Å². The Morgan fingerprint density at radius 1 is 1.00 bits per heavy atom. The Kier molecular flexibility index (Phi) is 3.63. The summed E-state index contributed by atoms with van der Waals surface area (Å²) in [6.07, 6.45) is 4.39. The van der Waals surface area contributed by atoms with Crippen LogP contribution in [0.4, 0.5) is 0 Å². The Bertz CT molecular complexity index is 829. The Morgan fingerprint density at radius 3 is 2.84 bits per heavy atom. The number of amides is 1. The van der Waals surface area contributed by atoms with Crippen molar-refractivity contribution in [3.05, 3.63) is 59.2 Å². The first kappa shape index (κ1) is 15.2. The van der Waals surface area contributed by atoms with Gasteiger partial charge in [-0.25, -0.2) is 0 Å². The fourth-order valence-corrected chi connectivity index (χ4v) is 4.83. The third kappa shape index (κ3) is 2.77. The van der Waals surface area contributed by atoms with Crippen LogP contribution in [0.25, 0.3) is 11.1 Å². The fraction of sp³-hybridized carbons (Fsp3) is 0.409. The number of hydrogen-bond donors (Lipinski definition) is 1. The standard InChI is InChI=1S/C22H24N2O/c25-22-17-5-3-6-19(23-22)14-24(13-17)12-15-8-9-21-18(10-15)11-16-4-1-2-7-20(16)21/h1-2,4,7-10,17,19H,3,5-6,11-14H2,(H,23,25)/t17-,19+/m1/s1. The maximum Gasteiger partial charge on any atom is 0.224 e. The van der Waals surface area contributed by atoms with Crippen molar-refractivity contribution in [2.45, 2.75) is 38.3 Å². The van der Waals surface area contributed by atoms with Crippen LogP contribution in [0.15, 0.2) is 42.5 Å².